The lowest BCUT2D eigenvalue weighted by atomic mass is 9.78. The smallest absolute Gasteiger partial charge is 0.124 e. The molecule has 0 saturated heterocycles. The van der Waals surface area contributed by atoms with Gasteiger partial charge in [-0.25, -0.2) is 4.39 Å². The monoisotopic (exact) mass is 303 g/mol. The van der Waals surface area contributed by atoms with Gasteiger partial charge in [0.2, 0.25) is 0 Å². The van der Waals surface area contributed by atoms with Gasteiger partial charge in [-0.1, -0.05) is 47.6 Å². The molecule has 1 aromatic rings. The molecule has 1 atom stereocenters. The SMILES string of the molecule is CC(C)(C)c1cc([C@@H](N)CF)c(O)c(C(C)(C)C)c1.Cl. The molecule has 0 heterocycles. The number of hydrogen-bond donors (Lipinski definition) is 2. The largest absolute Gasteiger partial charge is 0.507 e. The number of nitrogens with two attached hydrogens (primary N) is 1. The van der Waals surface area contributed by atoms with Crippen molar-refractivity contribution in [3.05, 3.63) is 28.8 Å². The third-order valence-electron chi connectivity index (χ3n) is 3.38. The Hall–Kier alpha value is -0.800. The topological polar surface area (TPSA) is 46.2 Å². The van der Waals surface area contributed by atoms with Gasteiger partial charge in [-0.05, 0) is 28.0 Å². The van der Waals surface area contributed by atoms with Gasteiger partial charge in [0, 0.05) is 5.56 Å². The Bertz CT molecular complexity index is 461. The Balaban J connectivity index is 0.00000361. The molecule has 0 amide bonds. The van der Waals surface area contributed by atoms with Crippen molar-refractivity contribution in [2.24, 2.45) is 5.73 Å². The maximum atomic E-state index is 12.9. The fourth-order valence-corrected chi connectivity index (χ4v) is 2.03. The van der Waals surface area contributed by atoms with Crippen LogP contribution in [0.5, 0.6) is 5.75 Å². The van der Waals surface area contributed by atoms with Gasteiger partial charge in [0.25, 0.3) is 0 Å². The highest BCUT2D eigenvalue weighted by atomic mass is 35.5. The summed E-state index contributed by atoms with van der Waals surface area (Å²) in [4.78, 5) is 0. The molecule has 0 radical (unpaired) electrons. The van der Waals surface area contributed by atoms with E-state index in [1.54, 1.807) is 0 Å². The van der Waals surface area contributed by atoms with Crippen molar-refractivity contribution in [2.75, 3.05) is 6.67 Å². The van der Waals surface area contributed by atoms with Gasteiger partial charge >= 0.3 is 0 Å². The van der Waals surface area contributed by atoms with Gasteiger partial charge in [-0.3, -0.25) is 0 Å². The molecule has 2 nitrogen and oxygen atoms in total. The summed E-state index contributed by atoms with van der Waals surface area (Å²) >= 11 is 0. The van der Waals surface area contributed by atoms with Crippen LogP contribution < -0.4 is 5.73 Å². The minimum Gasteiger partial charge on any atom is -0.507 e. The van der Waals surface area contributed by atoms with Crippen molar-refractivity contribution in [2.45, 2.75) is 58.4 Å². The van der Waals surface area contributed by atoms with Crippen LogP contribution in [0.25, 0.3) is 0 Å². The van der Waals surface area contributed by atoms with E-state index < -0.39 is 12.7 Å². The van der Waals surface area contributed by atoms with E-state index in [9.17, 15) is 9.50 Å². The molecular formula is C16H27ClFNO. The number of phenols is 1. The van der Waals surface area contributed by atoms with Gasteiger partial charge in [0.1, 0.15) is 12.4 Å². The van der Waals surface area contributed by atoms with Gasteiger partial charge in [0.15, 0.2) is 0 Å². The number of rotatable bonds is 2. The van der Waals surface area contributed by atoms with Crippen molar-refractivity contribution in [1.29, 1.82) is 0 Å². The van der Waals surface area contributed by atoms with Crippen LogP contribution in [0.1, 0.15) is 64.3 Å². The first kappa shape index (κ1) is 19.2. The van der Waals surface area contributed by atoms with Crippen molar-refractivity contribution >= 4 is 12.4 Å². The van der Waals surface area contributed by atoms with Crippen LogP contribution in [0.2, 0.25) is 0 Å². The Kier molecular flexibility index (Phi) is 6.06. The summed E-state index contributed by atoms with van der Waals surface area (Å²) in [6.45, 7) is 11.7. The average Bonchev–Trinajstić information content (AvgIpc) is 2.25. The van der Waals surface area contributed by atoms with Crippen LogP contribution >= 0.6 is 12.4 Å². The van der Waals surface area contributed by atoms with Crippen molar-refractivity contribution in [3.63, 3.8) is 0 Å². The van der Waals surface area contributed by atoms with E-state index in [4.69, 9.17) is 5.73 Å². The van der Waals surface area contributed by atoms with E-state index in [1.807, 2.05) is 32.9 Å². The molecule has 1 rings (SSSR count). The lowest BCUT2D eigenvalue weighted by molar-refractivity contribution is 0.402. The second kappa shape index (κ2) is 6.31. The van der Waals surface area contributed by atoms with Crippen LogP contribution in [-0.4, -0.2) is 11.8 Å². The Labute approximate surface area is 128 Å². The molecule has 116 valence electrons. The number of halogens is 2. The van der Waals surface area contributed by atoms with Crippen LogP contribution in [0.4, 0.5) is 4.39 Å². The van der Waals surface area contributed by atoms with Crippen LogP contribution in [0, 0.1) is 0 Å². The first-order valence-corrected chi connectivity index (χ1v) is 6.68. The fourth-order valence-electron chi connectivity index (χ4n) is 2.03. The average molecular weight is 304 g/mol. The molecule has 3 N–H and O–H groups in total. The Morgan fingerprint density at radius 3 is 1.95 bits per heavy atom. The van der Waals surface area contributed by atoms with Gasteiger partial charge in [-0.15, -0.1) is 12.4 Å². The summed E-state index contributed by atoms with van der Waals surface area (Å²) in [6.07, 6.45) is 0. The van der Waals surface area contributed by atoms with E-state index in [0.717, 1.165) is 11.1 Å². The minimum absolute atomic E-state index is 0. The molecule has 0 spiro atoms. The highest BCUT2D eigenvalue weighted by molar-refractivity contribution is 5.85. The van der Waals surface area contributed by atoms with Crippen LogP contribution in [-0.2, 0) is 10.8 Å². The van der Waals surface area contributed by atoms with Gasteiger partial charge in [-0.2, -0.15) is 0 Å². The molecule has 0 fully saturated rings. The maximum Gasteiger partial charge on any atom is 0.124 e. The minimum atomic E-state index is -0.775. The number of alkyl halides is 1. The first-order valence-electron chi connectivity index (χ1n) is 6.68. The fraction of sp³-hybridized carbons (Fsp3) is 0.625. The summed E-state index contributed by atoms with van der Waals surface area (Å²) in [5.41, 5.74) is 7.88. The third kappa shape index (κ3) is 4.10. The Morgan fingerprint density at radius 2 is 1.60 bits per heavy atom. The van der Waals surface area contributed by atoms with E-state index in [1.165, 1.54) is 0 Å². The first-order chi connectivity index (χ1) is 8.48. The van der Waals surface area contributed by atoms with Gasteiger partial charge < -0.3 is 10.8 Å². The molecule has 4 heteroatoms. The molecule has 0 saturated carbocycles. The molecule has 20 heavy (non-hydrogen) atoms. The normalized spacial score (nSPS) is 13.8. The van der Waals surface area contributed by atoms with E-state index in [2.05, 4.69) is 20.8 Å². The number of phenolic OH excluding ortho intramolecular Hbond substituents is 1. The molecule has 0 bridgehead atoms. The second-order valence-electron chi connectivity index (χ2n) is 7.22. The summed E-state index contributed by atoms with van der Waals surface area (Å²) < 4.78 is 12.9. The van der Waals surface area contributed by atoms with Crippen molar-refractivity contribution in [1.82, 2.24) is 0 Å². The highest BCUT2D eigenvalue weighted by Crippen LogP contribution is 2.39. The van der Waals surface area contributed by atoms with Gasteiger partial charge in [0.05, 0.1) is 6.04 Å². The number of aromatic hydroxyl groups is 1. The van der Waals surface area contributed by atoms with E-state index in [0.29, 0.717) is 5.56 Å². The quantitative estimate of drug-likeness (QED) is 0.851. The zero-order valence-electron chi connectivity index (χ0n) is 13.2. The van der Waals surface area contributed by atoms with Crippen molar-refractivity contribution < 1.29 is 9.50 Å². The molecule has 0 aliphatic heterocycles. The zero-order valence-corrected chi connectivity index (χ0v) is 14.1. The maximum absolute atomic E-state index is 12.9. The van der Waals surface area contributed by atoms with Crippen molar-refractivity contribution in [3.8, 4) is 5.75 Å². The van der Waals surface area contributed by atoms with E-state index in [-0.39, 0.29) is 29.0 Å². The summed E-state index contributed by atoms with van der Waals surface area (Å²) in [6, 6.07) is 3.06. The molecular weight excluding hydrogens is 277 g/mol. The lowest BCUT2D eigenvalue weighted by Gasteiger charge is -2.28. The number of hydrogen-bond acceptors (Lipinski definition) is 2. The highest BCUT2D eigenvalue weighted by Gasteiger charge is 2.26. The molecule has 0 aromatic heterocycles. The predicted octanol–water partition coefficient (Wildman–Crippen LogP) is 4.38. The van der Waals surface area contributed by atoms with Crippen LogP contribution in [0.15, 0.2) is 12.1 Å². The summed E-state index contributed by atoms with van der Waals surface area (Å²) in [5, 5.41) is 10.4. The predicted molar refractivity (Wildman–Crippen MR) is 85.7 cm³/mol. The van der Waals surface area contributed by atoms with Crippen LogP contribution in [0.3, 0.4) is 0 Å². The second-order valence-corrected chi connectivity index (χ2v) is 7.22. The molecule has 0 aliphatic carbocycles. The summed E-state index contributed by atoms with van der Waals surface area (Å²) in [7, 11) is 0. The molecule has 1 aromatic carbocycles. The molecule has 0 unspecified atom stereocenters. The standard InChI is InChI=1S/C16H26FNO.ClH/c1-15(2,3)10-7-11(13(18)9-17)14(19)12(8-10)16(4,5)6;/h7-8,13,19H,9,18H2,1-6H3;1H/t13-;/m0./s1. The Morgan fingerprint density at radius 1 is 1.10 bits per heavy atom. The van der Waals surface area contributed by atoms with E-state index >= 15 is 0 Å². The molecule has 0 aliphatic rings. The zero-order chi connectivity index (χ0) is 15.0. The lowest BCUT2D eigenvalue weighted by Crippen LogP contribution is -2.20. The number of benzene rings is 1. The summed E-state index contributed by atoms with van der Waals surface area (Å²) in [5.74, 6) is 0.130. The third-order valence-corrected chi connectivity index (χ3v) is 3.38.